The average Bonchev–Trinajstić information content (AvgIpc) is 2.70. The molecule has 2 aromatic carbocycles. The molecule has 28 heavy (non-hydrogen) atoms. The van der Waals surface area contributed by atoms with Crippen LogP contribution in [-0.4, -0.2) is 36.6 Å². The van der Waals surface area contributed by atoms with E-state index in [9.17, 15) is 9.90 Å². The molecule has 0 unspecified atom stereocenters. The third-order valence-electron chi connectivity index (χ3n) is 4.29. The highest BCUT2D eigenvalue weighted by molar-refractivity contribution is 5.94. The van der Waals surface area contributed by atoms with Crippen LogP contribution in [0.3, 0.4) is 0 Å². The van der Waals surface area contributed by atoms with E-state index >= 15 is 0 Å². The molecule has 0 spiro atoms. The van der Waals surface area contributed by atoms with E-state index in [0.29, 0.717) is 24.3 Å². The van der Waals surface area contributed by atoms with Gasteiger partial charge in [-0.1, -0.05) is 18.2 Å². The molecule has 3 N–H and O–H groups in total. The first-order valence-electron chi connectivity index (χ1n) is 9.08. The van der Waals surface area contributed by atoms with Crippen molar-refractivity contribution in [2.75, 3.05) is 30.9 Å². The van der Waals surface area contributed by atoms with E-state index in [1.165, 1.54) is 0 Å². The summed E-state index contributed by atoms with van der Waals surface area (Å²) in [6, 6.07) is 18.4. The largest absolute Gasteiger partial charge is 0.508 e. The van der Waals surface area contributed by atoms with Crippen LogP contribution >= 0.6 is 0 Å². The lowest BCUT2D eigenvalue weighted by molar-refractivity contribution is 0.0954. The normalized spacial score (nSPS) is 10.4. The number of phenols is 1. The zero-order valence-electron chi connectivity index (χ0n) is 16.0. The van der Waals surface area contributed by atoms with Gasteiger partial charge >= 0.3 is 0 Å². The summed E-state index contributed by atoms with van der Waals surface area (Å²) in [5, 5.41) is 15.5. The fourth-order valence-corrected chi connectivity index (χ4v) is 2.73. The van der Waals surface area contributed by atoms with Crippen molar-refractivity contribution in [2.45, 2.75) is 6.42 Å². The Morgan fingerprint density at radius 1 is 1.07 bits per heavy atom. The number of nitrogens with zero attached hydrogens (tertiary/aromatic N) is 2. The molecule has 1 amide bonds. The van der Waals surface area contributed by atoms with E-state index in [-0.39, 0.29) is 11.7 Å². The third kappa shape index (κ3) is 5.23. The van der Waals surface area contributed by atoms with Crippen molar-refractivity contribution < 1.29 is 9.90 Å². The molecular formula is C22H24N4O2. The van der Waals surface area contributed by atoms with Gasteiger partial charge in [-0.2, -0.15) is 0 Å². The van der Waals surface area contributed by atoms with Gasteiger partial charge in [0, 0.05) is 43.8 Å². The number of carbonyl (C=O) groups excluding carboxylic acids is 1. The SMILES string of the molecule is CN(C)c1cccc(Nc2cc(C(=O)NCCc3ccc(O)cc3)ccn2)c1. The van der Waals surface area contributed by atoms with Gasteiger partial charge in [-0.15, -0.1) is 0 Å². The summed E-state index contributed by atoms with van der Waals surface area (Å²) < 4.78 is 0. The zero-order chi connectivity index (χ0) is 19.9. The summed E-state index contributed by atoms with van der Waals surface area (Å²) in [6.07, 6.45) is 2.31. The van der Waals surface area contributed by atoms with Crippen molar-refractivity contribution in [1.82, 2.24) is 10.3 Å². The van der Waals surface area contributed by atoms with Crippen molar-refractivity contribution in [3.05, 3.63) is 78.0 Å². The first-order valence-corrected chi connectivity index (χ1v) is 9.08. The first kappa shape index (κ1) is 19.2. The number of pyridine rings is 1. The Labute approximate surface area is 164 Å². The predicted molar refractivity (Wildman–Crippen MR) is 112 cm³/mol. The minimum absolute atomic E-state index is 0.147. The van der Waals surface area contributed by atoms with Crippen molar-refractivity contribution >= 4 is 23.1 Å². The molecule has 0 radical (unpaired) electrons. The molecule has 0 fully saturated rings. The Bertz CT molecular complexity index is 939. The number of carbonyl (C=O) groups is 1. The standard InChI is InChI=1S/C22H24N4O2/c1-26(2)19-5-3-4-18(15-19)25-21-14-17(11-13-23-21)22(28)24-12-10-16-6-8-20(27)9-7-16/h3-9,11,13-15,27H,10,12H2,1-2H3,(H,23,25)(H,24,28). The van der Waals surface area contributed by atoms with Crippen LogP contribution in [0, 0.1) is 0 Å². The number of hydrogen-bond donors (Lipinski definition) is 3. The highest BCUT2D eigenvalue weighted by Crippen LogP contribution is 2.21. The molecule has 6 nitrogen and oxygen atoms in total. The van der Waals surface area contributed by atoms with Crippen molar-refractivity contribution in [3.63, 3.8) is 0 Å². The Kier molecular flexibility index (Phi) is 6.11. The number of hydrogen-bond acceptors (Lipinski definition) is 5. The summed E-state index contributed by atoms with van der Waals surface area (Å²) in [5.74, 6) is 0.703. The van der Waals surface area contributed by atoms with E-state index in [2.05, 4.69) is 15.6 Å². The van der Waals surface area contributed by atoms with Gasteiger partial charge in [-0.3, -0.25) is 4.79 Å². The quantitative estimate of drug-likeness (QED) is 0.588. The Morgan fingerprint density at radius 3 is 2.61 bits per heavy atom. The van der Waals surface area contributed by atoms with Gasteiger partial charge in [0.2, 0.25) is 0 Å². The van der Waals surface area contributed by atoms with Crippen LogP contribution in [0.1, 0.15) is 15.9 Å². The fourth-order valence-electron chi connectivity index (χ4n) is 2.73. The molecule has 0 aliphatic rings. The number of aromatic nitrogens is 1. The van der Waals surface area contributed by atoms with Gasteiger partial charge in [0.1, 0.15) is 11.6 Å². The van der Waals surface area contributed by atoms with E-state index in [0.717, 1.165) is 16.9 Å². The highest BCUT2D eigenvalue weighted by Gasteiger charge is 2.07. The third-order valence-corrected chi connectivity index (χ3v) is 4.29. The molecule has 0 aliphatic carbocycles. The van der Waals surface area contributed by atoms with E-state index in [4.69, 9.17) is 0 Å². The van der Waals surface area contributed by atoms with Gasteiger partial charge in [-0.05, 0) is 54.4 Å². The molecule has 6 heteroatoms. The molecule has 1 aromatic heterocycles. The summed E-state index contributed by atoms with van der Waals surface area (Å²) in [5.41, 5.74) is 3.58. The van der Waals surface area contributed by atoms with Crippen LogP contribution in [0.2, 0.25) is 0 Å². The lowest BCUT2D eigenvalue weighted by Gasteiger charge is -2.14. The Hall–Kier alpha value is -3.54. The number of phenolic OH excluding ortho intramolecular Hbond substituents is 1. The summed E-state index contributed by atoms with van der Waals surface area (Å²) >= 11 is 0. The molecule has 0 bridgehead atoms. The van der Waals surface area contributed by atoms with Gasteiger partial charge in [-0.25, -0.2) is 4.98 Å². The minimum Gasteiger partial charge on any atom is -0.508 e. The molecule has 0 saturated heterocycles. The zero-order valence-corrected chi connectivity index (χ0v) is 16.0. The van der Waals surface area contributed by atoms with Gasteiger partial charge < -0.3 is 20.6 Å². The Balaban J connectivity index is 1.59. The maximum Gasteiger partial charge on any atom is 0.251 e. The molecule has 1 heterocycles. The van der Waals surface area contributed by atoms with Gasteiger partial charge in [0.25, 0.3) is 5.91 Å². The van der Waals surface area contributed by atoms with Gasteiger partial charge in [0.15, 0.2) is 0 Å². The molecule has 3 rings (SSSR count). The number of nitrogens with one attached hydrogen (secondary N) is 2. The number of amides is 1. The van der Waals surface area contributed by atoms with Crippen LogP contribution in [0.25, 0.3) is 0 Å². The monoisotopic (exact) mass is 376 g/mol. The molecule has 0 saturated carbocycles. The molecule has 3 aromatic rings. The summed E-state index contributed by atoms with van der Waals surface area (Å²) in [4.78, 5) is 18.7. The smallest absolute Gasteiger partial charge is 0.251 e. The second-order valence-electron chi connectivity index (χ2n) is 6.67. The van der Waals surface area contributed by atoms with Crippen LogP contribution in [0.15, 0.2) is 66.9 Å². The summed E-state index contributed by atoms with van der Waals surface area (Å²) in [7, 11) is 3.97. The number of anilines is 3. The van der Waals surface area contributed by atoms with E-state index in [1.54, 1.807) is 30.5 Å². The van der Waals surface area contributed by atoms with Crippen molar-refractivity contribution in [2.24, 2.45) is 0 Å². The second kappa shape index (κ2) is 8.90. The van der Waals surface area contributed by atoms with Crippen molar-refractivity contribution in [3.8, 4) is 5.75 Å². The predicted octanol–water partition coefficient (Wildman–Crippen LogP) is 3.57. The lowest BCUT2D eigenvalue weighted by Crippen LogP contribution is -2.25. The molecule has 0 atom stereocenters. The number of rotatable bonds is 7. The average molecular weight is 376 g/mol. The maximum absolute atomic E-state index is 12.4. The van der Waals surface area contributed by atoms with Crippen LogP contribution < -0.4 is 15.5 Å². The minimum atomic E-state index is -0.147. The number of aromatic hydroxyl groups is 1. The van der Waals surface area contributed by atoms with Crippen LogP contribution in [-0.2, 0) is 6.42 Å². The Morgan fingerprint density at radius 2 is 1.86 bits per heavy atom. The molecule has 144 valence electrons. The van der Waals surface area contributed by atoms with Crippen LogP contribution in [0.5, 0.6) is 5.75 Å². The van der Waals surface area contributed by atoms with Crippen molar-refractivity contribution in [1.29, 1.82) is 0 Å². The van der Waals surface area contributed by atoms with Crippen LogP contribution in [0.4, 0.5) is 17.2 Å². The lowest BCUT2D eigenvalue weighted by atomic mass is 10.1. The number of benzene rings is 2. The maximum atomic E-state index is 12.4. The second-order valence-corrected chi connectivity index (χ2v) is 6.67. The van der Waals surface area contributed by atoms with E-state index < -0.39 is 0 Å². The molecule has 0 aliphatic heterocycles. The first-order chi connectivity index (χ1) is 13.5. The highest BCUT2D eigenvalue weighted by atomic mass is 16.3. The van der Waals surface area contributed by atoms with E-state index in [1.807, 2.05) is 55.4 Å². The topological polar surface area (TPSA) is 77.5 Å². The summed E-state index contributed by atoms with van der Waals surface area (Å²) in [6.45, 7) is 0.513. The van der Waals surface area contributed by atoms with Gasteiger partial charge in [0.05, 0.1) is 0 Å². The fraction of sp³-hybridized carbons (Fsp3) is 0.182. The molecular weight excluding hydrogens is 352 g/mol.